The molecule has 1 amide bonds. The Morgan fingerprint density at radius 3 is 2.65 bits per heavy atom. The zero-order chi connectivity index (χ0) is 28.5. The van der Waals surface area contributed by atoms with Gasteiger partial charge in [0, 0.05) is 30.3 Å². The van der Waals surface area contributed by atoms with Crippen LogP contribution >= 0.6 is 11.6 Å². The lowest BCUT2D eigenvalue weighted by Gasteiger charge is -2.27. The molecular weight excluding hydrogens is 552 g/mol. The number of hydrogen-bond donors (Lipinski definition) is 3. The van der Waals surface area contributed by atoms with Crippen molar-refractivity contribution in [2.45, 2.75) is 36.7 Å². The van der Waals surface area contributed by atoms with E-state index < -0.39 is 15.4 Å². The van der Waals surface area contributed by atoms with Crippen LogP contribution in [0.2, 0.25) is 5.02 Å². The van der Waals surface area contributed by atoms with Gasteiger partial charge in [0.25, 0.3) is 0 Å². The van der Waals surface area contributed by atoms with Crippen LogP contribution in [0.5, 0.6) is 0 Å². The highest BCUT2D eigenvalue weighted by Crippen LogP contribution is 2.35. The molecule has 210 valence electrons. The summed E-state index contributed by atoms with van der Waals surface area (Å²) in [6.07, 6.45) is 4.19. The van der Waals surface area contributed by atoms with Gasteiger partial charge in [-0.05, 0) is 48.2 Å². The van der Waals surface area contributed by atoms with Gasteiger partial charge < -0.3 is 26.3 Å². The van der Waals surface area contributed by atoms with Crippen molar-refractivity contribution < 1.29 is 13.2 Å². The number of sulfone groups is 1. The molecule has 0 unspecified atom stereocenters. The van der Waals surface area contributed by atoms with Gasteiger partial charge in [0.1, 0.15) is 17.4 Å². The minimum atomic E-state index is -3.52. The second-order valence-electron chi connectivity index (χ2n) is 9.90. The largest absolute Gasteiger partial charge is 0.382 e. The number of imidazole rings is 1. The molecule has 13 heteroatoms. The van der Waals surface area contributed by atoms with Gasteiger partial charge in [-0.1, -0.05) is 36.7 Å². The molecule has 2 aromatic heterocycles. The molecular formula is C27H31ClN8O3S. The second-order valence-corrected chi connectivity index (χ2v) is 12.4. The maximum atomic E-state index is 13.1. The molecule has 4 aromatic rings. The lowest BCUT2D eigenvalue weighted by molar-refractivity contribution is -0.125. The number of hydrogen-bond acceptors (Lipinski definition) is 9. The number of nitrogen functional groups attached to an aromatic ring is 1. The Bertz CT molecular complexity index is 1660. The van der Waals surface area contributed by atoms with Crippen molar-refractivity contribution in [1.29, 1.82) is 0 Å². The Labute approximate surface area is 237 Å². The molecule has 0 saturated carbocycles. The molecule has 0 aliphatic carbocycles. The highest BCUT2D eigenvalue weighted by atomic mass is 35.5. The quantitative estimate of drug-likeness (QED) is 0.268. The predicted molar refractivity (Wildman–Crippen MR) is 155 cm³/mol. The summed E-state index contributed by atoms with van der Waals surface area (Å²) in [6, 6.07) is 12.0. The highest BCUT2D eigenvalue weighted by Gasteiger charge is 2.42. The fourth-order valence-corrected chi connectivity index (χ4v) is 6.63. The Morgan fingerprint density at radius 2 is 1.90 bits per heavy atom. The number of anilines is 2. The van der Waals surface area contributed by atoms with Crippen LogP contribution in [0.1, 0.15) is 24.5 Å². The average Bonchev–Trinajstić information content (AvgIpc) is 3.54. The number of amides is 1. The number of halogens is 1. The van der Waals surface area contributed by atoms with E-state index in [9.17, 15) is 13.2 Å². The van der Waals surface area contributed by atoms with Gasteiger partial charge in [-0.2, -0.15) is 0 Å². The summed E-state index contributed by atoms with van der Waals surface area (Å²) >= 11 is 6.61. The van der Waals surface area contributed by atoms with Crippen LogP contribution in [0.3, 0.4) is 0 Å². The van der Waals surface area contributed by atoms with Crippen LogP contribution in [-0.4, -0.2) is 64.8 Å². The van der Waals surface area contributed by atoms with Gasteiger partial charge in [-0.15, -0.1) is 0 Å². The minimum absolute atomic E-state index is 0.0279. The number of fused-ring (bicyclic) bond motifs is 1. The summed E-state index contributed by atoms with van der Waals surface area (Å²) in [4.78, 5) is 28.2. The molecule has 5 rings (SSSR count). The van der Waals surface area contributed by atoms with Crippen LogP contribution in [0.15, 0.2) is 60.0 Å². The van der Waals surface area contributed by atoms with E-state index in [4.69, 9.17) is 23.1 Å². The predicted octanol–water partition coefficient (Wildman–Crippen LogP) is 2.17. The zero-order valence-electron chi connectivity index (χ0n) is 22.0. The normalized spacial score (nSPS) is 17.4. The molecule has 0 bridgehead atoms. The number of benzene rings is 2. The number of nitrogens with one attached hydrogen (secondary N) is 1. The molecule has 1 fully saturated rings. The van der Waals surface area contributed by atoms with Crippen molar-refractivity contribution >= 4 is 50.0 Å². The van der Waals surface area contributed by atoms with E-state index in [2.05, 4.69) is 25.2 Å². The van der Waals surface area contributed by atoms with Gasteiger partial charge in [0.15, 0.2) is 21.3 Å². The van der Waals surface area contributed by atoms with Crippen molar-refractivity contribution in [2.24, 2.45) is 5.73 Å². The summed E-state index contributed by atoms with van der Waals surface area (Å²) in [5, 5.41) is 3.39. The average molecular weight is 583 g/mol. The molecule has 2 aromatic carbocycles. The minimum Gasteiger partial charge on any atom is -0.382 e. The van der Waals surface area contributed by atoms with Crippen molar-refractivity contribution in [2.75, 3.05) is 36.0 Å². The molecule has 11 nitrogen and oxygen atoms in total. The summed E-state index contributed by atoms with van der Waals surface area (Å²) in [6.45, 7) is 3.25. The number of nitrogens with zero attached hydrogens (tertiary/aromatic N) is 5. The fraction of sp³-hybridized carbons (Fsp3) is 0.333. The Morgan fingerprint density at radius 1 is 1.12 bits per heavy atom. The molecule has 1 saturated heterocycles. The molecule has 1 aliphatic rings. The lowest BCUT2D eigenvalue weighted by Crippen LogP contribution is -2.56. The van der Waals surface area contributed by atoms with Crippen LogP contribution < -0.4 is 21.7 Å². The summed E-state index contributed by atoms with van der Waals surface area (Å²) in [5.41, 5.74) is 15.4. The maximum absolute atomic E-state index is 13.1. The molecule has 5 N–H and O–H groups in total. The number of carbonyl (C=O) groups is 1. The number of nitrogens with two attached hydrogens (primary N) is 2. The highest BCUT2D eigenvalue weighted by molar-refractivity contribution is 7.91. The van der Waals surface area contributed by atoms with Crippen LogP contribution in [-0.2, 0) is 27.6 Å². The number of carbonyl (C=O) groups excluding carboxylic acids is 1. The molecule has 0 spiro atoms. The molecule has 1 aliphatic heterocycles. The van der Waals surface area contributed by atoms with E-state index >= 15 is 0 Å². The summed E-state index contributed by atoms with van der Waals surface area (Å²) in [7, 11) is -3.52. The third kappa shape index (κ3) is 5.34. The van der Waals surface area contributed by atoms with Gasteiger partial charge >= 0.3 is 0 Å². The Kier molecular flexibility index (Phi) is 7.67. The first-order chi connectivity index (χ1) is 19.1. The van der Waals surface area contributed by atoms with Gasteiger partial charge in [0.2, 0.25) is 5.91 Å². The summed E-state index contributed by atoms with van der Waals surface area (Å²) < 4.78 is 27.1. The topological polar surface area (TPSA) is 162 Å². The molecule has 3 heterocycles. The first-order valence-electron chi connectivity index (χ1n) is 12.9. The maximum Gasteiger partial charge on any atom is 0.242 e. The van der Waals surface area contributed by atoms with E-state index in [-0.39, 0.29) is 29.6 Å². The second kappa shape index (κ2) is 11.0. The Balaban J connectivity index is 1.34. The van der Waals surface area contributed by atoms with E-state index in [0.29, 0.717) is 47.9 Å². The van der Waals surface area contributed by atoms with Crippen LogP contribution in [0, 0.1) is 0 Å². The smallest absolute Gasteiger partial charge is 0.242 e. The Hall–Kier alpha value is -3.74. The third-order valence-electron chi connectivity index (χ3n) is 7.31. The number of aromatic nitrogens is 4. The molecule has 0 radical (unpaired) electrons. The standard InChI is InChI=1S/C27H31ClN8O3S/c1-2-19-20(14-36-17-34-23-24(29)32-16-33-25(23)36)22(9-8-21(19)28)35-12-10-27(30,15-35)26(37)31-11-13-40(38,39)18-6-4-3-5-7-18/h3-9,16-17H,2,10-15,30H2,1H3,(H,31,37)(H2,29,32,33)/t27-/m1/s1. The van der Waals surface area contributed by atoms with Gasteiger partial charge in [0.05, 0.1) is 23.5 Å². The fourth-order valence-electron chi connectivity index (χ4n) is 5.14. The van der Waals surface area contributed by atoms with E-state index in [1.807, 2.05) is 23.6 Å². The summed E-state index contributed by atoms with van der Waals surface area (Å²) in [5.74, 6) is -0.283. The van der Waals surface area contributed by atoms with Gasteiger partial charge in [-0.3, -0.25) is 4.79 Å². The van der Waals surface area contributed by atoms with Crippen molar-refractivity contribution in [1.82, 2.24) is 24.8 Å². The van der Waals surface area contributed by atoms with E-state index in [1.165, 1.54) is 6.33 Å². The number of rotatable bonds is 9. The van der Waals surface area contributed by atoms with Crippen LogP contribution in [0.4, 0.5) is 11.5 Å². The first-order valence-corrected chi connectivity index (χ1v) is 15.0. The van der Waals surface area contributed by atoms with Crippen molar-refractivity contribution in [3.05, 3.63) is 71.3 Å². The lowest BCUT2D eigenvalue weighted by atomic mass is 9.98. The first kappa shape index (κ1) is 27.8. The zero-order valence-corrected chi connectivity index (χ0v) is 23.6. The van der Waals surface area contributed by atoms with E-state index in [1.54, 1.807) is 36.7 Å². The van der Waals surface area contributed by atoms with Crippen LogP contribution in [0.25, 0.3) is 11.2 Å². The van der Waals surface area contributed by atoms with Crippen molar-refractivity contribution in [3.8, 4) is 0 Å². The SMILES string of the molecule is CCc1c(Cl)ccc(N2CC[C@](N)(C(=O)NCCS(=O)(=O)c3ccccc3)C2)c1Cn1cnc2c(N)ncnc21. The molecule has 1 atom stereocenters. The van der Waals surface area contributed by atoms with E-state index in [0.717, 1.165) is 16.8 Å². The van der Waals surface area contributed by atoms with Crippen molar-refractivity contribution in [3.63, 3.8) is 0 Å². The van der Waals surface area contributed by atoms with Gasteiger partial charge in [-0.25, -0.2) is 23.4 Å². The third-order valence-corrected chi connectivity index (χ3v) is 9.40. The monoisotopic (exact) mass is 582 g/mol. The molecule has 40 heavy (non-hydrogen) atoms.